The van der Waals surface area contributed by atoms with E-state index >= 15 is 0 Å². The van der Waals surface area contributed by atoms with Crippen molar-refractivity contribution in [3.63, 3.8) is 0 Å². The Morgan fingerprint density at radius 2 is 1.91 bits per heavy atom. The standard InChI is InChI=1S/C16H10ClF2N3O/c17-12-3-1-2-4-14(12)22-16(23)10(8-20)9-21-15-7-11(18)5-6-13(15)19/h1-7,9,21H,(H,22,23)/b10-9-. The lowest BCUT2D eigenvalue weighted by molar-refractivity contribution is -0.112. The van der Waals surface area contributed by atoms with Crippen molar-refractivity contribution < 1.29 is 13.6 Å². The fourth-order valence-electron chi connectivity index (χ4n) is 1.66. The summed E-state index contributed by atoms with van der Waals surface area (Å²) in [5, 5.41) is 14.2. The monoisotopic (exact) mass is 333 g/mol. The van der Waals surface area contributed by atoms with E-state index in [1.54, 1.807) is 30.3 Å². The van der Waals surface area contributed by atoms with Gasteiger partial charge < -0.3 is 10.6 Å². The average Bonchev–Trinajstić information content (AvgIpc) is 2.53. The van der Waals surface area contributed by atoms with Gasteiger partial charge in [0.05, 0.1) is 16.4 Å². The predicted octanol–water partition coefficient (Wildman–Crippen LogP) is 4.08. The van der Waals surface area contributed by atoms with E-state index in [9.17, 15) is 13.6 Å². The van der Waals surface area contributed by atoms with Crippen LogP contribution in [0.3, 0.4) is 0 Å². The molecule has 0 fully saturated rings. The summed E-state index contributed by atoms with van der Waals surface area (Å²) in [6.07, 6.45) is 0.990. The third-order valence-corrected chi connectivity index (χ3v) is 3.12. The third-order valence-electron chi connectivity index (χ3n) is 2.79. The lowest BCUT2D eigenvalue weighted by Crippen LogP contribution is -2.15. The van der Waals surface area contributed by atoms with E-state index < -0.39 is 17.5 Å². The molecule has 0 aliphatic carbocycles. The van der Waals surface area contributed by atoms with E-state index in [0.717, 1.165) is 24.4 Å². The molecular formula is C16H10ClF2N3O. The second kappa shape index (κ2) is 7.38. The molecule has 116 valence electrons. The first kappa shape index (κ1) is 16.5. The maximum Gasteiger partial charge on any atom is 0.267 e. The minimum absolute atomic E-state index is 0.191. The number of halogens is 3. The van der Waals surface area contributed by atoms with Gasteiger partial charge in [0.1, 0.15) is 23.3 Å². The van der Waals surface area contributed by atoms with Crippen LogP contribution in [0, 0.1) is 23.0 Å². The highest BCUT2D eigenvalue weighted by Crippen LogP contribution is 2.21. The number of nitrogens with one attached hydrogen (secondary N) is 2. The molecule has 0 saturated heterocycles. The summed E-state index contributed by atoms with van der Waals surface area (Å²) >= 11 is 5.90. The lowest BCUT2D eigenvalue weighted by atomic mass is 10.2. The van der Waals surface area contributed by atoms with Crippen LogP contribution in [0.2, 0.25) is 5.02 Å². The number of carbonyl (C=O) groups excluding carboxylic acids is 1. The Labute approximate surface area is 136 Å². The fraction of sp³-hybridized carbons (Fsp3) is 0. The quantitative estimate of drug-likeness (QED) is 0.654. The van der Waals surface area contributed by atoms with Crippen LogP contribution in [-0.4, -0.2) is 5.91 Å². The normalized spacial score (nSPS) is 10.8. The van der Waals surface area contributed by atoms with E-state index in [2.05, 4.69) is 10.6 Å². The first-order chi connectivity index (χ1) is 11.0. The zero-order chi connectivity index (χ0) is 16.8. The number of nitriles is 1. The highest BCUT2D eigenvalue weighted by atomic mass is 35.5. The molecule has 0 aromatic heterocycles. The van der Waals surface area contributed by atoms with Gasteiger partial charge in [0.25, 0.3) is 5.91 Å². The van der Waals surface area contributed by atoms with E-state index in [-0.39, 0.29) is 11.3 Å². The number of amides is 1. The molecule has 1 amide bonds. The number of anilines is 2. The molecule has 0 heterocycles. The molecule has 2 aromatic rings. The van der Waals surface area contributed by atoms with Crippen molar-refractivity contribution in [1.82, 2.24) is 0 Å². The number of rotatable bonds is 4. The number of carbonyl (C=O) groups is 1. The number of nitrogens with zero attached hydrogens (tertiary/aromatic N) is 1. The van der Waals surface area contributed by atoms with Gasteiger partial charge >= 0.3 is 0 Å². The van der Waals surface area contributed by atoms with Crippen molar-refractivity contribution in [1.29, 1.82) is 5.26 Å². The largest absolute Gasteiger partial charge is 0.358 e. The molecule has 2 rings (SSSR count). The topological polar surface area (TPSA) is 64.9 Å². The molecule has 0 radical (unpaired) electrons. The van der Waals surface area contributed by atoms with Gasteiger partial charge in [0.15, 0.2) is 0 Å². The van der Waals surface area contributed by atoms with Crippen molar-refractivity contribution >= 4 is 28.9 Å². The van der Waals surface area contributed by atoms with Crippen molar-refractivity contribution in [3.05, 3.63) is 70.9 Å². The number of benzene rings is 2. The summed E-state index contributed by atoms with van der Waals surface area (Å²) in [7, 11) is 0. The number of hydrogen-bond acceptors (Lipinski definition) is 3. The van der Waals surface area contributed by atoms with Gasteiger partial charge in [-0.15, -0.1) is 0 Å². The van der Waals surface area contributed by atoms with Crippen LogP contribution >= 0.6 is 11.6 Å². The average molecular weight is 334 g/mol. The SMILES string of the molecule is N#C/C(=C/Nc1cc(F)ccc1F)C(=O)Nc1ccccc1Cl. The van der Waals surface area contributed by atoms with Gasteiger partial charge in [0.2, 0.25) is 0 Å². The van der Waals surface area contributed by atoms with Crippen LogP contribution in [0.15, 0.2) is 54.2 Å². The molecule has 0 bridgehead atoms. The van der Waals surface area contributed by atoms with Crippen LogP contribution in [0.4, 0.5) is 20.2 Å². The van der Waals surface area contributed by atoms with Gasteiger partial charge in [0, 0.05) is 12.3 Å². The van der Waals surface area contributed by atoms with E-state index in [1.807, 2.05) is 0 Å². The van der Waals surface area contributed by atoms with E-state index in [1.165, 1.54) is 0 Å². The lowest BCUT2D eigenvalue weighted by Gasteiger charge is -2.07. The second-order valence-corrected chi connectivity index (χ2v) is 4.78. The Morgan fingerprint density at radius 1 is 1.17 bits per heavy atom. The maximum absolute atomic E-state index is 13.5. The minimum Gasteiger partial charge on any atom is -0.358 e. The molecule has 0 spiro atoms. The Kier molecular flexibility index (Phi) is 5.28. The molecule has 0 aliphatic rings. The molecule has 0 saturated carbocycles. The summed E-state index contributed by atoms with van der Waals surface area (Å²) < 4.78 is 26.5. The highest BCUT2D eigenvalue weighted by molar-refractivity contribution is 6.33. The number of hydrogen-bond donors (Lipinski definition) is 2. The maximum atomic E-state index is 13.5. The first-order valence-corrected chi connectivity index (χ1v) is 6.77. The van der Waals surface area contributed by atoms with Crippen LogP contribution in [0.25, 0.3) is 0 Å². The number of para-hydroxylation sites is 1. The van der Waals surface area contributed by atoms with Gasteiger partial charge in [-0.2, -0.15) is 5.26 Å². The van der Waals surface area contributed by atoms with Crippen LogP contribution in [-0.2, 0) is 4.79 Å². The zero-order valence-electron chi connectivity index (χ0n) is 11.6. The third kappa shape index (κ3) is 4.28. The minimum atomic E-state index is -0.732. The van der Waals surface area contributed by atoms with Crippen molar-refractivity contribution in [2.75, 3.05) is 10.6 Å². The molecule has 2 aromatic carbocycles. The zero-order valence-corrected chi connectivity index (χ0v) is 12.4. The molecular weight excluding hydrogens is 324 g/mol. The van der Waals surface area contributed by atoms with Crippen LogP contribution < -0.4 is 10.6 Å². The van der Waals surface area contributed by atoms with Crippen LogP contribution in [0.1, 0.15) is 0 Å². The smallest absolute Gasteiger partial charge is 0.267 e. The van der Waals surface area contributed by atoms with Gasteiger partial charge in [-0.05, 0) is 24.3 Å². The molecule has 4 nitrogen and oxygen atoms in total. The molecule has 0 aliphatic heterocycles. The van der Waals surface area contributed by atoms with Crippen molar-refractivity contribution in [2.24, 2.45) is 0 Å². The summed E-state index contributed by atoms with van der Waals surface area (Å²) in [5.74, 6) is -2.10. The second-order valence-electron chi connectivity index (χ2n) is 4.37. The van der Waals surface area contributed by atoms with Crippen molar-refractivity contribution in [2.45, 2.75) is 0 Å². The van der Waals surface area contributed by atoms with Crippen LogP contribution in [0.5, 0.6) is 0 Å². The Morgan fingerprint density at radius 3 is 2.61 bits per heavy atom. The molecule has 2 N–H and O–H groups in total. The Hall–Kier alpha value is -2.91. The summed E-state index contributed by atoms with van der Waals surface area (Å²) in [6, 6.07) is 11.0. The first-order valence-electron chi connectivity index (χ1n) is 6.39. The molecule has 23 heavy (non-hydrogen) atoms. The van der Waals surface area contributed by atoms with Gasteiger partial charge in [-0.25, -0.2) is 8.78 Å². The summed E-state index contributed by atoms with van der Waals surface area (Å²) in [5.41, 5.74) is -0.186. The fourth-order valence-corrected chi connectivity index (χ4v) is 1.84. The Balaban J connectivity index is 2.16. The van der Waals surface area contributed by atoms with Crippen molar-refractivity contribution in [3.8, 4) is 6.07 Å². The summed E-state index contributed by atoms with van der Waals surface area (Å²) in [4.78, 5) is 12.0. The molecule has 7 heteroatoms. The summed E-state index contributed by atoms with van der Waals surface area (Å²) in [6.45, 7) is 0. The van der Waals surface area contributed by atoms with Gasteiger partial charge in [-0.3, -0.25) is 4.79 Å². The van der Waals surface area contributed by atoms with E-state index in [4.69, 9.17) is 16.9 Å². The molecule has 0 unspecified atom stereocenters. The Bertz CT molecular complexity index is 815. The van der Waals surface area contributed by atoms with Gasteiger partial charge in [-0.1, -0.05) is 23.7 Å². The molecule has 0 atom stereocenters. The van der Waals surface area contributed by atoms with E-state index in [0.29, 0.717) is 10.7 Å². The predicted molar refractivity (Wildman–Crippen MR) is 83.8 cm³/mol. The highest BCUT2D eigenvalue weighted by Gasteiger charge is 2.11.